The predicted octanol–water partition coefficient (Wildman–Crippen LogP) is -0.408. The van der Waals surface area contributed by atoms with E-state index in [-0.39, 0.29) is 12.8 Å². The quantitative estimate of drug-likeness (QED) is 0.429. The van der Waals surface area contributed by atoms with Crippen LogP contribution in [0, 0.1) is 10.1 Å². The molecule has 0 spiro atoms. The van der Waals surface area contributed by atoms with Crippen molar-refractivity contribution in [3.05, 3.63) is 34.4 Å². The van der Waals surface area contributed by atoms with E-state index >= 15 is 0 Å². The van der Waals surface area contributed by atoms with Crippen LogP contribution < -0.4 is 10.5 Å². The summed E-state index contributed by atoms with van der Waals surface area (Å²) < 4.78 is 26.1. The Bertz CT molecular complexity index is 701. The Morgan fingerprint density at radius 2 is 1.95 bits per heavy atom. The number of primary amides is 1. The Labute approximate surface area is 125 Å². The number of aliphatic carboxylic acids is 1. The molecule has 0 aliphatic heterocycles. The first-order valence-electron chi connectivity index (χ1n) is 5.92. The van der Waals surface area contributed by atoms with E-state index in [9.17, 15) is 28.1 Å². The van der Waals surface area contributed by atoms with Crippen molar-refractivity contribution >= 4 is 27.6 Å². The van der Waals surface area contributed by atoms with Crippen LogP contribution in [0.4, 0.5) is 5.69 Å². The number of carbonyl (C=O) groups is 2. The van der Waals surface area contributed by atoms with Crippen molar-refractivity contribution in [2.75, 3.05) is 0 Å². The van der Waals surface area contributed by atoms with Crippen LogP contribution in [0.3, 0.4) is 0 Å². The van der Waals surface area contributed by atoms with Crippen molar-refractivity contribution in [3.63, 3.8) is 0 Å². The average molecular weight is 331 g/mol. The minimum absolute atomic E-state index is 0.351. The minimum Gasteiger partial charge on any atom is -0.480 e. The van der Waals surface area contributed by atoms with Gasteiger partial charge in [-0.3, -0.25) is 19.7 Å². The zero-order valence-corrected chi connectivity index (χ0v) is 11.9. The molecule has 0 aliphatic rings. The lowest BCUT2D eigenvalue weighted by molar-refractivity contribution is -0.387. The highest BCUT2D eigenvalue weighted by atomic mass is 32.2. The van der Waals surface area contributed by atoms with Crippen molar-refractivity contribution in [2.45, 2.75) is 23.8 Å². The van der Waals surface area contributed by atoms with Crippen molar-refractivity contribution in [2.24, 2.45) is 5.73 Å². The summed E-state index contributed by atoms with van der Waals surface area (Å²) in [5, 5.41) is 19.8. The van der Waals surface area contributed by atoms with Crippen LogP contribution in [0.1, 0.15) is 12.8 Å². The molecule has 22 heavy (non-hydrogen) atoms. The van der Waals surface area contributed by atoms with Gasteiger partial charge in [0.15, 0.2) is 4.90 Å². The van der Waals surface area contributed by atoms with Gasteiger partial charge in [-0.2, -0.15) is 4.72 Å². The number of nitrogens with zero attached hydrogens (tertiary/aromatic N) is 1. The van der Waals surface area contributed by atoms with Crippen molar-refractivity contribution in [3.8, 4) is 0 Å². The summed E-state index contributed by atoms with van der Waals surface area (Å²) in [6.45, 7) is 0. The molecule has 0 aliphatic carbocycles. The van der Waals surface area contributed by atoms with Gasteiger partial charge in [-0.1, -0.05) is 12.1 Å². The molecular formula is C11H13N3O7S. The molecule has 1 rings (SSSR count). The number of sulfonamides is 1. The normalized spacial score (nSPS) is 12.5. The third kappa shape index (κ3) is 4.49. The Morgan fingerprint density at radius 1 is 1.36 bits per heavy atom. The summed E-state index contributed by atoms with van der Waals surface area (Å²) in [5.74, 6) is -2.32. The predicted molar refractivity (Wildman–Crippen MR) is 73.3 cm³/mol. The molecule has 0 saturated heterocycles. The van der Waals surface area contributed by atoms with Gasteiger partial charge in [0.2, 0.25) is 15.9 Å². The van der Waals surface area contributed by atoms with Gasteiger partial charge >= 0.3 is 5.97 Å². The first-order valence-corrected chi connectivity index (χ1v) is 7.40. The molecular weight excluding hydrogens is 318 g/mol. The maximum atomic E-state index is 12.1. The van der Waals surface area contributed by atoms with E-state index in [0.717, 1.165) is 12.1 Å². The fourth-order valence-electron chi connectivity index (χ4n) is 1.61. The second-order valence-electron chi connectivity index (χ2n) is 4.24. The Morgan fingerprint density at radius 3 is 2.45 bits per heavy atom. The number of hydrogen-bond donors (Lipinski definition) is 3. The number of nitrogens with one attached hydrogen (secondary N) is 1. The highest BCUT2D eigenvalue weighted by Crippen LogP contribution is 2.23. The molecule has 0 unspecified atom stereocenters. The van der Waals surface area contributed by atoms with Crippen molar-refractivity contribution in [1.82, 2.24) is 4.72 Å². The number of para-hydroxylation sites is 1. The van der Waals surface area contributed by atoms with Crippen LogP contribution >= 0.6 is 0 Å². The number of carboxylic acids is 1. The van der Waals surface area contributed by atoms with Gasteiger partial charge in [-0.15, -0.1) is 0 Å². The van der Waals surface area contributed by atoms with Gasteiger partial charge in [0.1, 0.15) is 6.04 Å². The number of nitrogens with two attached hydrogens (primary N) is 1. The maximum Gasteiger partial charge on any atom is 0.321 e. The third-order valence-electron chi connectivity index (χ3n) is 2.63. The number of amides is 1. The molecule has 120 valence electrons. The average Bonchev–Trinajstić information content (AvgIpc) is 2.42. The van der Waals surface area contributed by atoms with Crippen LogP contribution in [-0.2, 0) is 19.6 Å². The van der Waals surface area contributed by atoms with Crippen LogP contribution in [0.25, 0.3) is 0 Å². The number of carbonyl (C=O) groups excluding carboxylic acids is 1. The van der Waals surface area contributed by atoms with Crippen molar-refractivity contribution in [1.29, 1.82) is 0 Å². The SMILES string of the molecule is NC(=O)CC[C@H](NS(=O)(=O)c1ccccc1[N+](=O)[O-])C(=O)O. The monoisotopic (exact) mass is 331 g/mol. The Hall–Kier alpha value is -2.53. The summed E-state index contributed by atoms with van der Waals surface area (Å²) in [6, 6.07) is 2.87. The topological polar surface area (TPSA) is 170 Å². The molecule has 0 saturated carbocycles. The van der Waals surface area contributed by atoms with E-state index in [1.165, 1.54) is 12.1 Å². The Balaban J connectivity index is 3.10. The lowest BCUT2D eigenvalue weighted by Gasteiger charge is -2.14. The van der Waals surface area contributed by atoms with Crippen LogP contribution in [-0.4, -0.2) is 36.4 Å². The highest BCUT2D eigenvalue weighted by Gasteiger charge is 2.30. The molecule has 4 N–H and O–H groups in total. The number of benzene rings is 1. The minimum atomic E-state index is -4.45. The van der Waals surface area contributed by atoms with Gasteiger partial charge < -0.3 is 10.8 Å². The fraction of sp³-hybridized carbons (Fsp3) is 0.273. The number of rotatable bonds is 8. The summed E-state index contributed by atoms with van der Waals surface area (Å²) in [6.07, 6.45) is -0.721. The Kier molecular flexibility index (Phi) is 5.54. The summed E-state index contributed by atoms with van der Waals surface area (Å²) >= 11 is 0. The van der Waals surface area contributed by atoms with E-state index < -0.39 is 43.4 Å². The molecule has 0 heterocycles. The van der Waals surface area contributed by atoms with Gasteiger partial charge in [-0.05, 0) is 12.5 Å². The van der Waals surface area contributed by atoms with Gasteiger partial charge in [0, 0.05) is 12.5 Å². The zero-order valence-electron chi connectivity index (χ0n) is 11.1. The molecule has 0 aromatic heterocycles. The first-order chi connectivity index (χ1) is 10.1. The summed E-state index contributed by atoms with van der Waals surface area (Å²) in [4.78, 5) is 31.0. The highest BCUT2D eigenvalue weighted by molar-refractivity contribution is 7.89. The maximum absolute atomic E-state index is 12.1. The summed E-state index contributed by atoms with van der Waals surface area (Å²) in [7, 11) is -4.45. The molecule has 1 amide bonds. The fourth-order valence-corrected chi connectivity index (χ4v) is 3.00. The molecule has 1 aromatic carbocycles. The molecule has 1 atom stereocenters. The molecule has 1 aromatic rings. The van der Waals surface area contributed by atoms with Gasteiger partial charge in [0.25, 0.3) is 5.69 Å². The van der Waals surface area contributed by atoms with E-state index in [0.29, 0.717) is 0 Å². The second-order valence-corrected chi connectivity index (χ2v) is 5.92. The number of carboxylic acid groups (broad SMARTS) is 1. The van der Waals surface area contributed by atoms with Crippen molar-refractivity contribution < 1.29 is 28.0 Å². The third-order valence-corrected chi connectivity index (χ3v) is 4.15. The van der Waals surface area contributed by atoms with Gasteiger partial charge in [0.05, 0.1) is 4.92 Å². The summed E-state index contributed by atoms with van der Waals surface area (Å²) in [5.41, 5.74) is 4.20. The van der Waals surface area contributed by atoms with E-state index in [2.05, 4.69) is 0 Å². The molecule has 0 bridgehead atoms. The number of hydrogen-bond acceptors (Lipinski definition) is 6. The standard InChI is InChI=1S/C11H13N3O7S/c12-10(15)6-5-7(11(16)17)13-22(20,21)9-4-2-1-3-8(9)14(18)19/h1-4,7,13H,5-6H2,(H2,12,15)(H,16,17)/t7-/m0/s1. The molecule has 11 heteroatoms. The number of nitro groups is 1. The molecule has 0 fully saturated rings. The smallest absolute Gasteiger partial charge is 0.321 e. The van der Waals surface area contributed by atoms with Crippen LogP contribution in [0.2, 0.25) is 0 Å². The lowest BCUT2D eigenvalue weighted by atomic mass is 10.2. The molecule has 0 radical (unpaired) electrons. The molecule has 10 nitrogen and oxygen atoms in total. The van der Waals surface area contributed by atoms with Gasteiger partial charge in [-0.25, -0.2) is 8.42 Å². The van der Waals surface area contributed by atoms with E-state index in [1.54, 1.807) is 0 Å². The lowest BCUT2D eigenvalue weighted by Crippen LogP contribution is -2.41. The number of nitro benzene ring substituents is 1. The van der Waals surface area contributed by atoms with Crippen LogP contribution in [0.5, 0.6) is 0 Å². The first kappa shape index (κ1) is 17.5. The van der Waals surface area contributed by atoms with E-state index in [1.807, 2.05) is 4.72 Å². The largest absolute Gasteiger partial charge is 0.480 e. The zero-order chi connectivity index (χ0) is 16.9. The second kappa shape index (κ2) is 6.95. The van der Waals surface area contributed by atoms with Crippen LogP contribution in [0.15, 0.2) is 29.2 Å². The van der Waals surface area contributed by atoms with E-state index in [4.69, 9.17) is 10.8 Å².